The second-order valence-electron chi connectivity index (χ2n) is 3.02. The maximum Gasteiger partial charge on any atom is 0.171 e. The number of aliphatic hydroxyl groups excluding tert-OH is 1. The largest absolute Gasteiger partial charge is 0.548 e. The minimum atomic E-state index is -1.40. The average molecular weight is 239 g/mol. The molecule has 0 aliphatic heterocycles. The van der Waals surface area contributed by atoms with Crippen molar-refractivity contribution < 1.29 is 15.0 Å². The van der Waals surface area contributed by atoms with Crippen LogP contribution in [0.1, 0.15) is 0 Å². The van der Waals surface area contributed by atoms with Crippen molar-refractivity contribution in [3.8, 4) is 0 Å². The van der Waals surface area contributed by atoms with Gasteiger partial charge in [-0.15, -0.1) is 0 Å². The van der Waals surface area contributed by atoms with Crippen LogP contribution in [-0.2, 0) is 4.79 Å². The van der Waals surface area contributed by atoms with Gasteiger partial charge in [-0.3, -0.25) is 0 Å². The molecule has 1 rings (SSSR count). The molecule has 0 bridgehead atoms. The fraction of sp³-hybridized carbons (Fsp3) is 0.200. The predicted molar refractivity (Wildman–Crippen MR) is 61.7 cm³/mol. The van der Waals surface area contributed by atoms with Gasteiger partial charge >= 0.3 is 0 Å². The molecule has 1 atom stereocenters. The summed E-state index contributed by atoms with van der Waals surface area (Å²) < 4.78 is 0. The summed E-state index contributed by atoms with van der Waals surface area (Å²) >= 11 is 4.87. The van der Waals surface area contributed by atoms with E-state index >= 15 is 0 Å². The molecule has 86 valence electrons. The monoisotopic (exact) mass is 239 g/mol. The van der Waals surface area contributed by atoms with E-state index in [0.29, 0.717) is 0 Å². The maximum absolute atomic E-state index is 10.5. The molecular weight excluding hydrogens is 228 g/mol. The number of aliphatic carboxylic acids is 1. The van der Waals surface area contributed by atoms with Crippen molar-refractivity contribution in [1.82, 2.24) is 5.32 Å². The van der Waals surface area contributed by atoms with Crippen molar-refractivity contribution >= 4 is 29.0 Å². The Labute approximate surface area is 98.1 Å². The molecule has 0 saturated heterocycles. The first kappa shape index (κ1) is 12.4. The number of carbonyl (C=O) groups excluding carboxylic acids is 1. The Hall–Kier alpha value is -1.66. The Balaban J connectivity index is 2.50. The minimum absolute atomic E-state index is 0.120. The smallest absolute Gasteiger partial charge is 0.171 e. The standard InChI is InChI=1S/C10H12N2O3S/c13-6-8(9(14)15)12-10(16)11-7-4-2-1-3-5-7/h1-5,8,13H,6H2,(H,14,15)(H2,11,12,16)/p-1. The zero-order chi connectivity index (χ0) is 12.0. The molecule has 3 N–H and O–H groups in total. The summed E-state index contributed by atoms with van der Waals surface area (Å²) in [4.78, 5) is 10.5. The first-order chi connectivity index (χ1) is 7.63. The van der Waals surface area contributed by atoms with Gasteiger partial charge in [0.1, 0.15) is 0 Å². The first-order valence-electron chi connectivity index (χ1n) is 4.57. The third-order valence-electron chi connectivity index (χ3n) is 1.80. The van der Waals surface area contributed by atoms with Crippen molar-refractivity contribution in [1.29, 1.82) is 0 Å². The summed E-state index contributed by atoms with van der Waals surface area (Å²) in [5.74, 6) is -1.40. The topological polar surface area (TPSA) is 84.4 Å². The Morgan fingerprint density at radius 3 is 2.56 bits per heavy atom. The molecule has 16 heavy (non-hydrogen) atoms. The molecule has 1 aromatic carbocycles. The predicted octanol–water partition coefficient (Wildman–Crippen LogP) is -0.916. The zero-order valence-corrected chi connectivity index (χ0v) is 9.16. The van der Waals surface area contributed by atoms with Gasteiger partial charge in [0.15, 0.2) is 5.11 Å². The Bertz CT molecular complexity index is 370. The van der Waals surface area contributed by atoms with Gasteiger partial charge in [0, 0.05) is 5.69 Å². The summed E-state index contributed by atoms with van der Waals surface area (Å²) in [7, 11) is 0. The summed E-state index contributed by atoms with van der Waals surface area (Å²) in [5.41, 5.74) is 0.732. The number of thiocarbonyl (C=S) groups is 1. The normalized spacial score (nSPS) is 11.6. The molecule has 6 heteroatoms. The van der Waals surface area contributed by atoms with Crippen LogP contribution in [0.2, 0.25) is 0 Å². The van der Waals surface area contributed by atoms with Gasteiger partial charge < -0.3 is 25.6 Å². The van der Waals surface area contributed by atoms with E-state index in [0.717, 1.165) is 5.69 Å². The van der Waals surface area contributed by atoms with Gasteiger partial charge in [-0.05, 0) is 24.4 Å². The molecule has 5 nitrogen and oxygen atoms in total. The highest BCUT2D eigenvalue weighted by Crippen LogP contribution is 2.04. The number of benzene rings is 1. The molecule has 0 aromatic heterocycles. The summed E-state index contributed by atoms with van der Waals surface area (Å²) in [5, 5.41) is 24.6. The molecule has 0 amide bonds. The number of hydrogen-bond acceptors (Lipinski definition) is 4. The molecule has 0 aliphatic rings. The molecule has 0 radical (unpaired) electrons. The zero-order valence-electron chi connectivity index (χ0n) is 8.34. The molecule has 0 saturated carbocycles. The lowest BCUT2D eigenvalue weighted by molar-refractivity contribution is -0.308. The lowest BCUT2D eigenvalue weighted by atomic mass is 10.3. The van der Waals surface area contributed by atoms with Crippen molar-refractivity contribution in [2.45, 2.75) is 6.04 Å². The fourth-order valence-corrected chi connectivity index (χ4v) is 1.29. The maximum atomic E-state index is 10.5. The van der Waals surface area contributed by atoms with Gasteiger partial charge in [0.05, 0.1) is 18.6 Å². The molecule has 0 heterocycles. The number of rotatable bonds is 4. The Kier molecular flexibility index (Phi) is 4.68. The van der Waals surface area contributed by atoms with Gasteiger partial charge in [-0.2, -0.15) is 0 Å². The number of carboxylic acid groups (broad SMARTS) is 1. The van der Waals surface area contributed by atoms with Crippen molar-refractivity contribution in [3.05, 3.63) is 30.3 Å². The number of anilines is 1. The van der Waals surface area contributed by atoms with Crippen LogP contribution in [0.3, 0.4) is 0 Å². The first-order valence-corrected chi connectivity index (χ1v) is 4.98. The number of carboxylic acids is 1. The van der Waals surface area contributed by atoms with E-state index < -0.39 is 18.6 Å². The quantitative estimate of drug-likeness (QED) is 0.590. The third-order valence-corrected chi connectivity index (χ3v) is 2.02. The lowest BCUT2D eigenvalue weighted by Crippen LogP contribution is -2.51. The number of aliphatic hydroxyl groups is 1. The van der Waals surface area contributed by atoms with Gasteiger partial charge in [-0.1, -0.05) is 18.2 Å². The van der Waals surface area contributed by atoms with Gasteiger partial charge in [0.25, 0.3) is 0 Å². The van der Waals surface area contributed by atoms with Crippen molar-refractivity contribution in [3.63, 3.8) is 0 Å². The highest BCUT2D eigenvalue weighted by Gasteiger charge is 2.09. The van der Waals surface area contributed by atoms with Gasteiger partial charge in [0.2, 0.25) is 0 Å². The van der Waals surface area contributed by atoms with E-state index in [-0.39, 0.29) is 5.11 Å². The van der Waals surface area contributed by atoms with E-state index in [4.69, 9.17) is 17.3 Å². The lowest BCUT2D eigenvalue weighted by Gasteiger charge is -2.19. The number of carbonyl (C=O) groups is 1. The van der Waals surface area contributed by atoms with E-state index in [1.165, 1.54) is 0 Å². The molecule has 1 aromatic rings. The summed E-state index contributed by atoms with van der Waals surface area (Å²) in [6.07, 6.45) is 0. The summed E-state index contributed by atoms with van der Waals surface area (Å²) in [6, 6.07) is 7.82. The van der Waals surface area contributed by atoms with E-state index in [2.05, 4.69) is 10.6 Å². The number of hydrogen-bond donors (Lipinski definition) is 3. The van der Waals surface area contributed by atoms with Crippen LogP contribution in [0.25, 0.3) is 0 Å². The third kappa shape index (κ3) is 3.84. The highest BCUT2D eigenvalue weighted by molar-refractivity contribution is 7.80. The second-order valence-corrected chi connectivity index (χ2v) is 3.43. The molecule has 0 aliphatic carbocycles. The molecule has 0 spiro atoms. The Morgan fingerprint density at radius 2 is 2.06 bits per heavy atom. The van der Waals surface area contributed by atoms with Crippen LogP contribution in [0.4, 0.5) is 5.69 Å². The molecule has 1 unspecified atom stereocenters. The van der Waals surface area contributed by atoms with Crippen molar-refractivity contribution in [2.75, 3.05) is 11.9 Å². The molecular formula is C10H11N2O3S-. The van der Waals surface area contributed by atoms with Crippen LogP contribution in [0.5, 0.6) is 0 Å². The highest BCUT2D eigenvalue weighted by atomic mass is 32.1. The van der Waals surface area contributed by atoms with E-state index in [1.807, 2.05) is 18.2 Å². The Morgan fingerprint density at radius 1 is 1.44 bits per heavy atom. The number of nitrogens with one attached hydrogen (secondary N) is 2. The SMILES string of the molecule is O=C([O-])C(CO)NC(=S)Nc1ccccc1. The second kappa shape index (κ2) is 6.04. The van der Waals surface area contributed by atoms with Crippen molar-refractivity contribution in [2.24, 2.45) is 0 Å². The van der Waals surface area contributed by atoms with Crippen LogP contribution in [-0.4, -0.2) is 28.8 Å². The number of para-hydroxylation sites is 1. The minimum Gasteiger partial charge on any atom is -0.548 e. The summed E-state index contributed by atoms with van der Waals surface area (Å²) in [6.45, 7) is -0.584. The van der Waals surface area contributed by atoms with Crippen LogP contribution in [0, 0.1) is 0 Å². The fourth-order valence-electron chi connectivity index (χ4n) is 1.03. The van der Waals surface area contributed by atoms with Gasteiger partial charge in [-0.25, -0.2) is 0 Å². The molecule has 0 fully saturated rings. The van der Waals surface area contributed by atoms with Crippen LogP contribution in [0.15, 0.2) is 30.3 Å². The van der Waals surface area contributed by atoms with E-state index in [9.17, 15) is 9.90 Å². The average Bonchev–Trinajstić information content (AvgIpc) is 2.27. The van der Waals surface area contributed by atoms with Crippen LogP contribution >= 0.6 is 12.2 Å². The van der Waals surface area contributed by atoms with Crippen LogP contribution < -0.4 is 15.7 Å². The van der Waals surface area contributed by atoms with E-state index in [1.54, 1.807) is 12.1 Å².